The van der Waals surface area contributed by atoms with Crippen LogP contribution in [0.5, 0.6) is 0 Å². The van der Waals surface area contributed by atoms with Gasteiger partial charge in [0.25, 0.3) is 0 Å². The summed E-state index contributed by atoms with van der Waals surface area (Å²) in [5, 5.41) is 1.39. The Bertz CT molecular complexity index is 170. The lowest BCUT2D eigenvalue weighted by Gasteiger charge is -2.48. The van der Waals surface area contributed by atoms with Crippen molar-refractivity contribution in [2.45, 2.75) is 42.9 Å². The minimum absolute atomic E-state index is 0.118. The summed E-state index contributed by atoms with van der Waals surface area (Å²) in [6.07, 6.45) is 0. The van der Waals surface area contributed by atoms with E-state index < -0.39 is 7.11 Å². The second-order valence-corrected chi connectivity index (χ2v) is 42.4. The molecule has 0 aromatic carbocycles. The third-order valence-corrected chi connectivity index (χ3v) is 74.6. The Morgan fingerprint density at radius 2 is 1.92 bits per heavy atom. The van der Waals surface area contributed by atoms with Crippen LogP contribution in [0.25, 0.3) is 0 Å². The molecule has 0 bridgehead atoms. The second kappa shape index (κ2) is 4.44. The van der Waals surface area contributed by atoms with Crippen LogP contribution >= 0.6 is 0 Å². The van der Waals surface area contributed by atoms with Crippen LogP contribution in [-0.4, -0.2) is 52.8 Å². The summed E-state index contributed by atoms with van der Waals surface area (Å²) >= 11 is 0. The molecule has 5 atom stereocenters. The van der Waals surface area contributed by atoms with E-state index in [-0.39, 0.29) is 16.1 Å². The number of hydrogen-bond donors (Lipinski definition) is 0. The summed E-state index contributed by atoms with van der Waals surface area (Å²) in [5.74, 6) is 0. The van der Waals surface area contributed by atoms with E-state index in [0.29, 0.717) is 9.04 Å². The number of hydrogen-bond acceptors (Lipinski definition) is 0. The highest BCUT2D eigenvalue weighted by Crippen LogP contribution is 2.39. The SMILES string of the molecule is C[SiH2][Si]1(C)C([SiH3])C([SiH3])C[SiH](C)[SiH]1C. The maximum atomic E-state index is 2.85. The van der Waals surface area contributed by atoms with Gasteiger partial charge in [-0.25, -0.2) is 0 Å². The van der Waals surface area contributed by atoms with Crippen LogP contribution in [0.3, 0.4) is 0 Å². The average molecular weight is 279 g/mol. The van der Waals surface area contributed by atoms with Gasteiger partial charge in [0.1, 0.15) is 0 Å². The van der Waals surface area contributed by atoms with E-state index >= 15 is 0 Å². The third-order valence-electron chi connectivity index (χ3n) is 5.29. The van der Waals surface area contributed by atoms with E-state index in [1.807, 2.05) is 0 Å². The van der Waals surface area contributed by atoms with Gasteiger partial charge in [-0.3, -0.25) is 0 Å². The smallest absolute Gasteiger partial charge is 0.0253 e. The highest BCUT2D eigenvalue weighted by atomic mass is 29.8. The maximum absolute atomic E-state index is 2.85. The highest BCUT2D eigenvalue weighted by Gasteiger charge is 2.46. The molecular weight excluding hydrogens is 253 g/mol. The van der Waals surface area contributed by atoms with Crippen LogP contribution in [-0.2, 0) is 0 Å². The molecule has 1 aliphatic heterocycles. The summed E-state index contributed by atoms with van der Waals surface area (Å²) in [5.41, 5.74) is 1.31. The van der Waals surface area contributed by atoms with E-state index in [4.69, 9.17) is 0 Å². The quantitative estimate of drug-likeness (QED) is 0.513. The molecule has 0 N–H and O–H groups in total. The zero-order valence-electron chi connectivity index (χ0n) is 10.2. The Morgan fingerprint density at radius 3 is 2.38 bits per heavy atom. The fraction of sp³-hybridized carbons (Fsp3) is 1.00. The van der Waals surface area contributed by atoms with Gasteiger partial charge in [0.15, 0.2) is 0 Å². The van der Waals surface area contributed by atoms with Crippen molar-refractivity contribution in [1.82, 2.24) is 0 Å². The van der Waals surface area contributed by atoms with Gasteiger partial charge in [-0.05, 0) is 0 Å². The van der Waals surface area contributed by atoms with E-state index in [9.17, 15) is 0 Å². The molecule has 13 heavy (non-hydrogen) atoms. The van der Waals surface area contributed by atoms with Gasteiger partial charge >= 0.3 is 0 Å². The summed E-state index contributed by atoms with van der Waals surface area (Å²) < 4.78 is 0. The van der Waals surface area contributed by atoms with E-state index in [2.05, 4.69) is 26.2 Å². The monoisotopic (exact) mass is 278 g/mol. The van der Waals surface area contributed by atoms with Crippen molar-refractivity contribution in [2.24, 2.45) is 0 Å². The summed E-state index contributed by atoms with van der Waals surface area (Å²) in [6.45, 7) is 11.0. The van der Waals surface area contributed by atoms with Gasteiger partial charge in [0.2, 0.25) is 0 Å². The molecule has 0 aromatic heterocycles. The minimum atomic E-state index is -0.508. The molecule has 1 heterocycles. The zero-order chi connectivity index (χ0) is 10.2. The van der Waals surface area contributed by atoms with Crippen molar-refractivity contribution in [2.75, 3.05) is 0 Å². The minimum Gasteiger partial charge on any atom is -0.0768 e. The molecule has 78 valence electrons. The average Bonchev–Trinajstić information content (AvgIpc) is 2.12. The van der Waals surface area contributed by atoms with Crippen molar-refractivity contribution < 1.29 is 0 Å². The van der Waals surface area contributed by atoms with Crippen LogP contribution in [0.15, 0.2) is 0 Å². The molecule has 1 rings (SSSR count). The predicted molar refractivity (Wildman–Crippen MR) is 84.2 cm³/mol. The number of rotatable bonds is 1. The Morgan fingerprint density at radius 1 is 1.38 bits per heavy atom. The second-order valence-electron chi connectivity index (χ2n) is 5.63. The van der Waals surface area contributed by atoms with Crippen molar-refractivity contribution in [3.05, 3.63) is 0 Å². The topological polar surface area (TPSA) is 0 Å². The molecule has 1 saturated heterocycles. The first-order valence-electron chi connectivity index (χ1n) is 5.93. The van der Waals surface area contributed by atoms with Crippen LogP contribution in [0.2, 0.25) is 42.9 Å². The molecule has 1 fully saturated rings. The Kier molecular flexibility index (Phi) is 4.22. The molecule has 0 aromatic rings. The molecule has 6 heteroatoms. The molecule has 5 unspecified atom stereocenters. The summed E-state index contributed by atoms with van der Waals surface area (Å²) in [4.78, 5) is 0. The largest absolute Gasteiger partial charge is 0.0768 e. The molecule has 0 nitrogen and oxygen atoms in total. The van der Waals surface area contributed by atoms with Crippen LogP contribution < -0.4 is 0 Å². The zero-order valence-corrected chi connectivity index (χ0v) is 18.9. The third kappa shape index (κ3) is 2.12. The normalized spacial score (nSPS) is 53.5. The van der Waals surface area contributed by atoms with Gasteiger partial charge in [-0.15, -0.1) is 0 Å². The van der Waals surface area contributed by atoms with Crippen LogP contribution in [0, 0.1) is 0 Å². The molecule has 0 aliphatic carbocycles. The van der Waals surface area contributed by atoms with Crippen LogP contribution in [0.4, 0.5) is 0 Å². The van der Waals surface area contributed by atoms with Crippen LogP contribution in [0.1, 0.15) is 0 Å². The fourth-order valence-corrected chi connectivity index (χ4v) is 85.5. The van der Waals surface area contributed by atoms with E-state index in [1.165, 1.54) is 20.9 Å². The molecular formula is C7H26Si6. The molecule has 0 amide bonds. The van der Waals surface area contributed by atoms with Gasteiger partial charge in [0, 0.05) is 52.8 Å². The predicted octanol–water partition coefficient (Wildman–Crippen LogP) is -1.49. The maximum Gasteiger partial charge on any atom is 0.0253 e. The lowest BCUT2D eigenvalue weighted by molar-refractivity contribution is 0.976. The standard InChI is InChI=1S/C7H26Si6/c1-10-13(4)7(9)6(8)5-11(2)12(13)3/h6-7,11-12H,5,10H2,1-4,8-9H3. The molecule has 0 radical (unpaired) electrons. The van der Waals surface area contributed by atoms with Gasteiger partial charge < -0.3 is 0 Å². The van der Waals surface area contributed by atoms with Crippen molar-refractivity contribution in [3.63, 3.8) is 0 Å². The Balaban J connectivity index is 2.88. The van der Waals surface area contributed by atoms with Gasteiger partial charge in [0.05, 0.1) is 0 Å². The first-order chi connectivity index (χ1) is 5.93. The van der Waals surface area contributed by atoms with E-state index in [0.717, 1.165) is 0 Å². The van der Waals surface area contributed by atoms with Crippen molar-refractivity contribution >= 4 is 52.8 Å². The molecule has 1 aliphatic rings. The summed E-state index contributed by atoms with van der Waals surface area (Å²) in [7, 11) is 2.75. The molecule has 0 saturated carbocycles. The first kappa shape index (κ1) is 12.4. The van der Waals surface area contributed by atoms with Gasteiger partial charge in [-0.2, -0.15) is 0 Å². The first-order valence-corrected chi connectivity index (χ1v) is 22.2. The Hall–Kier alpha value is 1.30. The van der Waals surface area contributed by atoms with Crippen molar-refractivity contribution in [3.8, 4) is 0 Å². The highest BCUT2D eigenvalue weighted by molar-refractivity contribution is 7.70. The fourth-order valence-electron chi connectivity index (χ4n) is 3.35. The Labute approximate surface area is 95.5 Å². The summed E-state index contributed by atoms with van der Waals surface area (Å²) in [6, 6.07) is 1.78. The van der Waals surface area contributed by atoms with Gasteiger partial charge in [-0.1, -0.05) is 42.9 Å². The molecule has 0 spiro atoms. The van der Waals surface area contributed by atoms with Crippen molar-refractivity contribution in [1.29, 1.82) is 0 Å². The lowest BCUT2D eigenvalue weighted by atomic mass is 10.5. The van der Waals surface area contributed by atoms with E-state index in [1.54, 1.807) is 16.3 Å². The lowest BCUT2D eigenvalue weighted by Crippen LogP contribution is -2.65.